The fraction of sp³-hybridized carbons (Fsp3) is 0.389. The lowest BCUT2D eigenvalue weighted by Gasteiger charge is -2.25. The van der Waals surface area contributed by atoms with E-state index in [2.05, 4.69) is 16.9 Å². The van der Waals surface area contributed by atoms with Crippen LogP contribution in [0.1, 0.15) is 41.2 Å². The summed E-state index contributed by atoms with van der Waals surface area (Å²) < 4.78 is 0. The molecule has 2 aromatic rings. The summed E-state index contributed by atoms with van der Waals surface area (Å²) >= 11 is 14.2. The van der Waals surface area contributed by atoms with Gasteiger partial charge in [0.25, 0.3) is 0 Å². The molecular weight excluding hydrogens is 377 g/mol. The van der Waals surface area contributed by atoms with Crippen LogP contribution in [0.15, 0.2) is 18.2 Å². The minimum atomic E-state index is -0.315. The molecule has 7 heteroatoms. The van der Waals surface area contributed by atoms with Crippen molar-refractivity contribution in [1.29, 1.82) is 0 Å². The van der Waals surface area contributed by atoms with Crippen LogP contribution < -0.4 is 4.90 Å². The Kier molecular flexibility index (Phi) is 5.56. The quantitative estimate of drug-likeness (QED) is 0.719. The van der Waals surface area contributed by atoms with Gasteiger partial charge in [-0.2, -0.15) is 0 Å². The van der Waals surface area contributed by atoms with Crippen molar-refractivity contribution in [3.8, 4) is 0 Å². The second-order valence-corrected chi connectivity index (χ2v) is 7.87. The molecule has 1 aliphatic rings. The number of aromatic nitrogens is 2. The van der Waals surface area contributed by atoms with Crippen molar-refractivity contribution in [2.24, 2.45) is 0 Å². The van der Waals surface area contributed by atoms with Crippen LogP contribution in [0, 0.1) is 13.8 Å². The second-order valence-electron chi connectivity index (χ2n) is 5.99. The fourth-order valence-corrected chi connectivity index (χ4v) is 5.00. The van der Waals surface area contributed by atoms with Crippen molar-refractivity contribution < 1.29 is 4.79 Å². The number of nitrogens with zero attached hydrogens (tertiary/aromatic N) is 3. The minimum Gasteiger partial charge on any atom is -0.273 e. The SMILES string of the molecule is CCCc1c(C)nc(N2C(=O)CSC2c2c(Cl)cccc2Cl)nc1C. The highest BCUT2D eigenvalue weighted by Crippen LogP contribution is 2.45. The van der Waals surface area contributed by atoms with Gasteiger partial charge < -0.3 is 0 Å². The number of rotatable bonds is 4. The molecule has 25 heavy (non-hydrogen) atoms. The predicted molar refractivity (Wildman–Crippen MR) is 105 cm³/mol. The van der Waals surface area contributed by atoms with Crippen LogP contribution in [0.3, 0.4) is 0 Å². The van der Waals surface area contributed by atoms with Crippen LogP contribution in [0.2, 0.25) is 10.0 Å². The summed E-state index contributed by atoms with van der Waals surface area (Å²) in [5.41, 5.74) is 3.72. The van der Waals surface area contributed by atoms with Crippen LogP contribution in [0.25, 0.3) is 0 Å². The lowest BCUT2D eigenvalue weighted by molar-refractivity contribution is -0.115. The molecule has 3 rings (SSSR count). The van der Waals surface area contributed by atoms with Gasteiger partial charge in [-0.25, -0.2) is 9.97 Å². The lowest BCUT2D eigenvalue weighted by Crippen LogP contribution is -2.30. The molecule has 0 N–H and O–H groups in total. The molecule has 1 saturated heterocycles. The number of amides is 1. The molecule has 1 atom stereocenters. The zero-order valence-corrected chi connectivity index (χ0v) is 16.7. The van der Waals surface area contributed by atoms with Crippen LogP contribution in [0.5, 0.6) is 0 Å². The summed E-state index contributed by atoms with van der Waals surface area (Å²) in [7, 11) is 0. The van der Waals surface area contributed by atoms with Gasteiger partial charge in [-0.05, 0) is 38.0 Å². The van der Waals surface area contributed by atoms with Crippen molar-refractivity contribution in [2.45, 2.75) is 39.0 Å². The van der Waals surface area contributed by atoms with Crippen molar-refractivity contribution >= 4 is 46.8 Å². The molecule has 1 aliphatic heterocycles. The van der Waals surface area contributed by atoms with Gasteiger partial charge in [0.1, 0.15) is 5.37 Å². The Bertz CT molecular complexity index is 785. The van der Waals surface area contributed by atoms with E-state index in [0.717, 1.165) is 35.4 Å². The van der Waals surface area contributed by atoms with E-state index < -0.39 is 0 Å². The molecule has 1 fully saturated rings. The van der Waals surface area contributed by atoms with E-state index in [1.165, 1.54) is 11.8 Å². The first kappa shape index (κ1) is 18.5. The van der Waals surface area contributed by atoms with E-state index in [9.17, 15) is 4.79 Å². The number of aryl methyl sites for hydroxylation is 2. The van der Waals surface area contributed by atoms with Gasteiger partial charge in [0.15, 0.2) is 0 Å². The predicted octanol–water partition coefficient (Wildman–Crippen LogP) is 5.13. The van der Waals surface area contributed by atoms with E-state index in [0.29, 0.717) is 21.7 Å². The Balaban J connectivity index is 2.07. The molecule has 0 spiro atoms. The number of thioether (sulfide) groups is 1. The number of benzene rings is 1. The fourth-order valence-electron chi connectivity index (χ4n) is 3.04. The summed E-state index contributed by atoms with van der Waals surface area (Å²) in [6, 6.07) is 5.36. The summed E-state index contributed by atoms with van der Waals surface area (Å²) in [6.45, 7) is 6.06. The summed E-state index contributed by atoms with van der Waals surface area (Å²) in [5.74, 6) is 0.739. The Morgan fingerprint density at radius 2 is 1.80 bits per heavy atom. The zero-order chi connectivity index (χ0) is 18.1. The monoisotopic (exact) mass is 395 g/mol. The van der Waals surface area contributed by atoms with Gasteiger partial charge in [0, 0.05) is 27.0 Å². The molecule has 2 heterocycles. The Labute approximate surface area is 161 Å². The van der Waals surface area contributed by atoms with Gasteiger partial charge in [0.2, 0.25) is 11.9 Å². The first-order valence-electron chi connectivity index (χ1n) is 8.15. The number of halogens is 2. The molecule has 1 unspecified atom stereocenters. The third kappa shape index (κ3) is 3.50. The van der Waals surface area contributed by atoms with Gasteiger partial charge in [-0.3, -0.25) is 9.69 Å². The van der Waals surface area contributed by atoms with Gasteiger partial charge >= 0.3 is 0 Å². The number of carbonyl (C=O) groups is 1. The molecule has 132 valence electrons. The van der Waals surface area contributed by atoms with Crippen LogP contribution >= 0.6 is 35.0 Å². The normalized spacial score (nSPS) is 17.4. The summed E-state index contributed by atoms with van der Waals surface area (Å²) in [5, 5.41) is 0.769. The minimum absolute atomic E-state index is 0.0342. The van der Waals surface area contributed by atoms with E-state index in [-0.39, 0.29) is 11.3 Å². The molecule has 1 aromatic heterocycles. The third-order valence-corrected chi connectivity index (χ3v) is 6.07. The average molecular weight is 396 g/mol. The van der Waals surface area contributed by atoms with Gasteiger partial charge in [0.05, 0.1) is 5.75 Å². The number of anilines is 1. The van der Waals surface area contributed by atoms with E-state index in [1.807, 2.05) is 13.8 Å². The maximum Gasteiger partial charge on any atom is 0.240 e. The van der Waals surface area contributed by atoms with Crippen molar-refractivity contribution in [1.82, 2.24) is 9.97 Å². The van der Waals surface area contributed by atoms with Gasteiger partial charge in [-0.1, -0.05) is 42.6 Å². The third-order valence-electron chi connectivity index (χ3n) is 4.24. The molecule has 1 amide bonds. The van der Waals surface area contributed by atoms with Gasteiger partial charge in [-0.15, -0.1) is 11.8 Å². The lowest BCUT2D eigenvalue weighted by atomic mass is 10.1. The van der Waals surface area contributed by atoms with Crippen LogP contribution in [-0.2, 0) is 11.2 Å². The highest BCUT2D eigenvalue weighted by molar-refractivity contribution is 8.00. The first-order chi connectivity index (χ1) is 11.9. The highest BCUT2D eigenvalue weighted by Gasteiger charge is 2.38. The Hall–Kier alpha value is -1.30. The molecule has 0 aliphatic carbocycles. The molecular formula is C18H19Cl2N3OS. The number of hydrogen-bond acceptors (Lipinski definition) is 4. The molecule has 0 radical (unpaired) electrons. The number of hydrogen-bond donors (Lipinski definition) is 0. The maximum atomic E-state index is 12.6. The van der Waals surface area contributed by atoms with Crippen LogP contribution in [0.4, 0.5) is 5.95 Å². The highest BCUT2D eigenvalue weighted by atomic mass is 35.5. The maximum absolute atomic E-state index is 12.6. The molecule has 4 nitrogen and oxygen atoms in total. The van der Waals surface area contributed by atoms with E-state index in [1.54, 1.807) is 23.1 Å². The zero-order valence-electron chi connectivity index (χ0n) is 14.3. The van der Waals surface area contributed by atoms with E-state index in [4.69, 9.17) is 23.2 Å². The number of carbonyl (C=O) groups excluding carboxylic acids is 1. The second kappa shape index (κ2) is 7.52. The molecule has 0 saturated carbocycles. The molecule has 1 aromatic carbocycles. The summed E-state index contributed by atoms with van der Waals surface area (Å²) in [6.07, 6.45) is 1.96. The first-order valence-corrected chi connectivity index (χ1v) is 9.96. The topological polar surface area (TPSA) is 46.1 Å². The summed E-state index contributed by atoms with van der Waals surface area (Å²) in [4.78, 5) is 23.4. The average Bonchev–Trinajstić information content (AvgIpc) is 2.92. The standard InChI is InChI=1S/C18H19Cl2N3OS/c1-4-6-12-10(2)21-18(22-11(12)3)23-15(24)9-25-17(23)16-13(19)7-5-8-14(16)20/h5,7-8,17H,4,6,9H2,1-3H3. The van der Waals surface area contributed by atoms with E-state index >= 15 is 0 Å². The van der Waals surface area contributed by atoms with Crippen molar-refractivity contribution in [3.05, 3.63) is 50.8 Å². The molecule has 0 bridgehead atoms. The van der Waals surface area contributed by atoms with Crippen LogP contribution in [-0.4, -0.2) is 21.6 Å². The van der Waals surface area contributed by atoms with Crippen molar-refractivity contribution in [3.63, 3.8) is 0 Å². The smallest absolute Gasteiger partial charge is 0.240 e. The Morgan fingerprint density at radius 1 is 1.20 bits per heavy atom. The Morgan fingerprint density at radius 3 is 2.36 bits per heavy atom. The largest absolute Gasteiger partial charge is 0.273 e. The van der Waals surface area contributed by atoms with Crippen molar-refractivity contribution in [2.75, 3.05) is 10.7 Å².